The fourth-order valence-corrected chi connectivity index (χ4v) is 21.5. The molecule has 38 nitrogen and oxygen atoms in total. The van der Waals surface area contributed by atoms with Gasteiger partial charge < -0.3 is 90.8 Å². The number of amides is 12. The summed E-state index contributed by atoms with van der Waals surface area (Å²) in [7, 11) is 10.4. The van der Waals surface area contributed by atoms with Crippen molar-refractivity contribution in [2.45, 2.75) is 189 Å². The molecule has 7 fully saturated rings. The number of pyridine rings is 2. The molecule has 7 aliphatic heterocycles. The summed E-state index contributed by atoms with van der Waals surface area (Å²) in [6, 6.07) is 20.9. The number of aromatic nitrogens is 2. The number of likely N-dealkylation sites (N-methyl/N-ethyl adjacent to an activating group) is 2. The first-order chi connectivity index (χ1) is 67.8. The summed E-state index contributed by atoms with van der Waals surface area (Å²) in [5, 5.41) is 37.7. The maximum Gasteiger partial charge on any atom is 0.333 e. The van der Waals surface area contributed by atoms with Crippen LogP contribution in [0.5, 0.6) is 11.5 Å². The van der Waals surface area contributed by atoms with E-state index < -0.39 is 214 Å². The van der Waals surface area contributed by atoms with E-state index in [1.807, 2.05) is 86.5 Å². The van der Waals surface area contributed by atoms with Crippen LogP contribution in [0.15, 0.2) is 146 Å². The fourth-order valence-electron chi connectivity index (χ4n) is 19.2. The van der Waals surface area contributed by atoms with Gasteiger partial charge in [-0.1, -0.05) is 98.8 Å². The Bertz CT molecular complexity index is 5290. The minimum atomic E-state index is -1.79. The second-order valence-corrected chi connectivity index (χ2v) is 40.6. The molecule has 7 aliphatic rings. The van der Waals surface area contributed by atoms with Gasteiger partial charge in [0.1, 0.15) is 94.7 Å². The number of ether oxygens (including phenoxy) is 2. The zero-order chi connectivity index (χ0) is 102. The first-order valence-electron chi connectivity index (χ1n) is 48.4. The summed E-state index contributed by atoms with van der Waals surface area (Å²) in [4.78, 5) is 267. The molecule has 8 N–H and O–H groups in total. The van der Waals surface area contributed by atoms with Gasteiger partial charge in [0.25, 0.3) is 11.8 Å². The average Bonchev–Trinajstić information content (AvgIpc) is 1.72. The lowest BCUT2D eigenvalue weighted by molar-refractivity contribution is -0.158. The first-order valence-corrected chi connectivity index (χ1v) is 50.7. The third-order valence-electron chi connectivity index (χ3n) is 28.4. The third kappa shape index (κ3) is 24.8. The summed E-state index contributed by atoms with van der Waals surface area (Å²) in [6.45, 7) is 12.4. The lowest BCUT2D eigenvalue weighted by Gasteiger charge is -2.42. The number of carbonyl (C=O) groups is 16. The van der Waals surface area contributed by atoms with Crippen LogP contribution in [0.3, 0.4) is 0 Å². The Labute approximate surface area is 834 Å². The number of piperidine rings is 2. The van der Waals surface area contributed by atoms with E-state index in [1.54, 1.807) is 74.5 Å². The zero-order valence-corrected chi connectivity index (χ0v) is 84.0. The van der Waals surface area contributed by atoms with Crippen LogP contribution in [-0.4, -0.2) is 356 Å². The van der Waals surface area contributed by atoms with Crippen molar-refractivity contribution >= 4 is 129 Å². The van der Waals surface area contributed by atoms with Crippen LogP contribution >= 0.6 is 23.5 Å². The molecule has 40 heteroatoms. The maximum absolute atomic E-state index is 16.2. The lowest BCUT2D eigenvalue weighted by atomic mass is 9.90. The van der Waals surface area contributed by atoms with E-state index in [2.05, 4.69) is 51.7 Å². The van der Waals surface area contributed by atoms with Crippen molar-refractivity contribution in [1.82, 2.24) is 81.1 Å². The van der Waals surface area contributed by atoms with E-state index in [4.69, 9.17) is 9.47 Å². The van der Waals surface area contributed by atoms with Crippen LogP contribution in [0.25, 0.3) is 0 Å². The van der Waals surface area contributed by atoms with Gasteiger partial charge in [0.15, 0.2) is 23.5 Å². The number of piperazine rings is 1. The zero-order valence-electron chi connectivity index (χ0n) is 82.3. The number of anilines is 2. The Hall–Kier alpha value is -13.1. The van der Waals surface area contributed by atoms with E-state index in [1.165, 1.54) is 131 Å². The lowest BCUT2D eigenvalue weighted by Crippen LogP contribution is -2.65. The monoisotopic (exact) mass is 1990 g/mol. The minimum Gasteiger partial charge on any atom is -0.505 e. The van der Waals surface area contributed by atoms with Crippen molar-refractivity contribution in [3.63, 3.8) is 0 Å². The van der Waals surface area contributed by atoms with Crippen LogP contribution in [0.1, 0.15) is 148 Å². The number of hydrogen-bond acceptors (Lipinski definition) is 28. The van der Waals surface area contributed by atoms with Gasteiger partial charge in [0.2, 0.25) is 59.1 Å². The second kappa shape index (κ2) is 47.2. The molecule has 4 aromatic carbocycles. The molecule has 6 aromatic rings. The van der Waals surface area contributed by atoms with Crippen LogP contribution in [-0.2, 0) is 89.4 Å². The molecular weight excluding hydrogens is 1860 g/mol. The summed E-state index contributed by atoms with van der Waals surface area (Å²) in [5.41, 5.74) is -1.10. The summed E-state index contributed by atoms with van der Waals surface area (Å²) >= 11 is 3.01. The Kier molecular flexibility index (Phi) is 35.3. The van der Waals surface area contributed by atoms with Crippen LogP contribution in [0.4, 0.5) is 11.4 Å². The number of benzene rings is 4. The minimum absolute atomic E-state index is 0.0359. The van der Waals surface area contributed by atoms with Gasteiger partial charge in [-0.2, -0.15) is 23.5 Å². The molecule has 0 aliphatic carbocycles. The van der Waals surface area contributed by atoms with Gasteiger partial charge >= 0.3 is 11.9 Å². The van der Waals surface area contributed by atoms with Crippen molar-refractivity contribution in [3.8, 4) is 11.5 Å². The van der Waals surface area contributed by atoms with Crippen LogP contribution in [0, 0.1) is 11.8 Å². The van der Waals surface area contributed by atoms with Crippen molar-refractivity contribution in [2.75, 3.05) is 141 Å². The number of nitrogens with zero attached hydrogens (tertiary/aromatic N) is 12. The van der Waals surface area contributed by atoms with Gasteiger partial charge in [-0.15, -0.1) is 0 Å². The highest BCUT2D eigenvalue weighted by molar-refractivity contribution is 7.99. The number of hydrogen-bond donors (Lipinski definition) is 8. The number of cyclic esters (lactones) is 2. The van der Waals surface area contributed by atoms with Crippen LogP contribution < -0.4 is 41.7 Å². The molecular formula is C102H130N18O20S2. The molecule has 9 heterocycles. The molecule has 16 atom stereocenters. The number of nitrogens with one attached hydrogen (secondary N) is 6. The number of rotatable bonds is 24. The van der Waals surface area contributed by atoms with E-state index >= 15 is 47.9 Å². The third-order valence-corrected chi connectivity index (χ3v) is 30.6. The second-order valence-electron chi connectivity index (χ2n) is 38.3. The average molecular weight is 1990 g/mol. The molecule has 2 unspecified atom stereocenters. The fraction of sp³-hybridized carbons (Fsp3) is 0.510. The van der Waals surface area contributed by atoms with Gasteiger partial charge in [-0.3, -0.25) is 76.9 Å². The Morgan fingerprint density at radius 2 is 0.824 bits per heavy atom. The van der Waals surface area contributed by atoms with Crippen molar-refractivity contribution in [1.29, 1.82) is 0 Å². The number of fused-ring (bicyclic) bond motifs is 4. The highest BCUT2D eigenvalue weighted by atomic mass is 32.2. The number of Topliss-reactive ketones (excluding diaryl/α,β-unsaturated/α-hetero) is 2. The Morgan fingerprint density at radius 1 is 0.465 bits per heavy atom. The van der Waals surface area contributed by atoms with Crippen LogP contribution in [0.2, 0.25) is 0 Å². The number of esters is 2. The van der Waals surface area contributed by atoms with E-state index in [0.717, 1.165) is 11.4 Å². The smallest absolute Gasteiger partial charge is 0.333 e. The standard InChI is InChI=1S/C102H130N18O20S2/c1-13-101(5)99(137)117-43-23-29-71(117)93(131)113(11)75(53-63-33-37-69(38-34-63)111(7)8)95(133)119-57-67(79(123)55-73(119)87(125)107-83(65-25-17-15-18-26-65)97(135)139-61(3)81(91(129)109-101)105-89(127)85-77(121)31-21-41-103-85)59-141-51-49-115-45-47-116(48-46-115)50-52-142-60-68-58-120-74(56-80(68)124)88(126)108-84(66-27-19-16-20-28-66)98(136)140-62(4)82(106-90(128)86-78(122)32-22-42-104-86)92(130)110-102(6,14-2)100(138)118-44-24-30-72(118)94(132)114(12)76(96(120)134)54-64-35-39-70(40-36-64)112(9)10/h15-22,25-28,31-42,61-62,67-68,71-76,81-84,121-122H,13-14,23-24,29-30,43-60H2,1-12H3,(H,105,127)(H,106,128)(H,107,125)(H,108,126)(H,109,129)(H,110,130)/t61-,62-,67?,68?,71+,72+,73+,74+,75+,76+,81+,82+,83+,84+,101-,102-/m1/s1. The number of carbonyl (C=O) groups excluding carboxylic acids is 16. The van der Waals surface area contributed by atoms with E-state index in [9.17, 15) is 39.0 Å². The van der Waals surface area contributed by atoms with Crippen molar-refractivity contribution in [2.24, 2.45) is 11.8 Å². The predicted molar refractivity (Wildman–Crippen MR) is 530 cm³/mol. The molecule has 2 aromatic heterocycles. The topological polar surface area (TPSA) is 462 Å². The predicted octanol–water partition coefficient (Wildman–Crippen LogP) is 3.87. The summed E-state index contributed by atoms with van der Waals surface area (Å²) < 4.78 is 12.2. The summed E-state index contributed by atoms with van der Waals surface area (Å²) in [5.74, 6) is -13.8. The van der Waals surface area contributed by atoms with Crippen molar-refractivity contribution in [3.05, 3.63) is 179 Å². The van der Waals surface area contributed by atoms with Gasteiger partial charge in [-0.05, 0) is 137 Å². The highest BCUT2D eigenvalue weighted by Crippen LogP contribution is 2.36. The molecule has 0 spiro atoms. The van der Waals surface area contributed by atoms with Gasteiger partial charge in [0, 0.05) is 192 Å². The van der Waals surface area contributed by atoms with Crippen molar-refractivity contribution < 1.29 is 96.4 Å². The van der Waals surface area contributed by atoms with E-state index in [-0.39, 0.29) is 98.9 Å². The quantitative estimate of drug-likeness (QED) is 0.0315. The number of ketones is 2. The molecule has 0 saturated carbocycles. The number of thioether (sulfide) groups is 2. The largest absolute Gasteiger partial charge is 0.505 e. The summed E-state index contributed by atoms with van der Waals surface area (Å²) in [6.07, 6.45) is -0.825. The number of aromatic hydroxyl groups is 2. The molecule has 0 radical (unpaired) electrons. The van der Waals surface area contributed by atoms with Gasteiger partial charge in [-0.25, -0.2) is 19.6 Å². The first kappa shape index (κ1) is 106. The molecule has 142 heavy (non-hydrogen) atoms. The SMILES string of the molecule is CC[C@@]1(C)NC(=O)[C@@H](NC(=O)c2ncccc2O)[C@@H](C)OC(=O)[C@H](c2ccccc2)NC(=O)[C@@H]2CC(=O)C(CSCCN3CCN(CCSCC4CN5C(=O)[C@H](Cc6ccc(N(C)C)cc6)N(C)C(=O)[C@@H]6CCCN6C(=O)[C@@](C)(CC)NC(=O)[C@@H](NC(=O)c6ncccc6O)[C@@H](C)OC(=O)[C@H](c6ccccc6)NC(=O)[C@@H]5CC4=O)CC3)CN2C(=O)[C@H](Cc2ccc(N(C)C)cc2)N(C)C(=O)[C@@H]2CCCN2C1=O. The molecule has 7 saturated heterocycles. The Balaban J connectivity index is 0.705. The normalized spacial score (nSPS) is 27.1. The van der Waals surface area contributed by atoms with Gasteiger partial charge in [0.05, 0.1) is 0 Å². The Morgan fingerprint density at radius 3 is 1.16 bits per heavy atom. The highest BCUT2D eigenvalue weighted by Gasteiger charge is 2.53. The molecule has 12 amide bonds. The van der Waals surface area contributed by atoms with E-state index in [0.29, 0.717) is 74.7 Å². The molecule has 760 valence electrons. The molecule has 13 rings (SSSR count). The molecule has 0 bridgehead atoms. The maximum atomic E-state index is 16.2.